The first-order valence-corrected chi connectivity index (χ1v) is 8.71. The standard InChI is InChI=1S/C19H17N3OS/c20-13-14-6-5-7-15(12-14)21-18(23)10-3-4-11-19-22-16-8-1-2-9-17(16)24-19/h1-2,5-9,12H,3-4,10-11H2,(H,21,23). The molecule has 4 nitrogen and oxygen atoms in total. The fraction of sp³-hybridized carbons (Fsp3) is 0.211. The molecule has 24 heavy (non-hydrogen) atoms. The summed E-state index contributed by atoms with van der Waals surface area (Å²) >= 11 is 1.72. The van der Waals surface area contributed by atoms with Crippen LogP contribution in [0.3, 0.4) is 0 Å². The van der Waals surface area contributed by atoms with Crippen molar-refractivity contribution in [3.8, 4) is 6.07 Å². The zero-order valence-corrected chi connectivity index (χ0v) is 14.0. The van der Waals surface area contributed by atoms with Crippen LogP contribution in [0.2, 0.25) is 0 Å². The van der Waals surface area contributed by atoms with Gasteiger partial charge in [-0.05, 0) is 49.6 Å². The molecule has 0 atom stereocenters. The topological polar surface area (TPSA) is 65.8 Å². The molecular formula is C19H17N3OS. The van der Waals surface area contributed by atoms with E-state index in [9.17, 15) is 4.79 Å². The summed E-state index contributed by atoms with van der Waals surface area (Å²) in [4.78, 5) is 16.6. The van der Waals surface area contributed by atoms with Gasteiger partial charge in [0.15, 0.2) is 0 Å². The lowest BCUT2D eigenvalue weighted by Crippen LogP contribution is -2.11. The number of aromatic nitrogens is 1. The van der Waals surface area contributed by atoms with Crippen LogP contribution in [-0.4, -0.2) is 10.9 Å². The fourth-order valence-electron chi connectivity index (χ4n) is 2.48. The van der Waals surface area contributed by atoms with E-state index in [4.69, 9.17) is 5.26 Å². The normalized spacial score (nSPS) is 10.5. The zero-order chi connectivity index (χ0) is 16.8. The van der Waals surface area contributed by atoms with Crippen LogP contribution in [0.4, 0.5) is 5.69 Å². The molecule has 1 aromatic heterocycles. The number of nitrogens with zero attached hydrogens (tertiary/aromatic N) is 2. The number of carbonyl (C=O) groups excluding carboxylic acids is 1. The first-order chi connectivity index (χ1) is 11.7. The molecule has 1 heterocycles. The highest BCUT2D eigenvalue weighted by atomic mass is 32.1. The van der Waals surface area contributed by atoms with Gasteiger partial charge in [-0.25, -0.2) is 4.98 Å². The maximum Gasteiger partial charge on any atom is 0.224 e. The highest BCUT2D eigenvalue weighted by molar-refractivity contribution is 7.18. The second kappa shape index (κ2) is 7.71. The number of hydrogen-bond donors (Lipinski definition) is 1. The van der Waals surface area contributed by atoms with Gasteiger partial charge in [0.25, 0.3) is 0 Å². The van der Waals surface area contributed by atoms with Crippen molar-refractivity contribution < 1.29 is 4.79 Å². The predicted octanol–water partition coefficient (Wildman–Crippen LogP) is 4.52. The first kappa shape index (κ1) is 16.2. The average Bonchev–Trinajstić information content (AvgIpc) is 3.01. The van der Waals surface area contributed by atoms with E-state index >= 15 is 0 Å². The summed E-state index contributed by atoms with van der Waals surface area (Å²) in [5.74, 6) is -0.0191. The van der Waals surface area contributed by atoms with Crippen molar-refractivity contribution in [1.29, 1.82) is 5.26 Å². The molecular weight excluding hydrogens is 318 g/mol. The number of rotatable bonds is 6. The highest BCUT2D eigenvalue weighted by Crippen LogP contribution is 2.23. The monoisotopic (exact) mass is 335 g/mol. The molecule has 0 aliphatic carbocycles. The summed E-state index contributed by atoms with van der Waals surface area (Å²) in [6, 6.07) is 17.1. The molecule has 0 fully saturated rings. The summed E-state index contributed by atoms with van der Waals surface area (Å²) in [6.45, 7) is 0. The lowest BCUT2D eigenvalue weighted by Gasteiger charge is -2.05. The van der Waals surface area contributed by atoms with Gasteiger partial charge in [0.2, 0.25) is 5.91 Å². The zero-order valence-electron chi connectivity index (χ0n) is 13.2. The van der Waals surface area contributed by atoms with Crippen molar-refractivity contribution >= 4 is 33.1 Å². The molecule has 1 amide bonds. The number of benzene rings is 2. The van der Waals surface area contributed by atoms with Crippen molar-refractivity contribution in [2.75, 3.05) is 5.32 Å². The quantitative estimate of drug-likeness (QED) is 0.674. The average molecular weight is 335 g/mol. The van der Waals surface area contributed by atoms with E-state index in [-0.39, 0.29) is 5.91 Å². The summed E-state index contributed by atoms with van der Waals surface area (Å²) in [5, 5.41) is 12.8. The number of fused-ring (bicyclic) bond motifs is 1. The Morgan fingerprint density at radius 2 is 2.04 bits per heavy atom. The Labute approximate surface area is 144 Å². The van der Waals surface area contributed by atoms with Gasteiger partial charge >= 0.3 is 0 Å². The number of amides is 1. The van der Waals surface area contributed by atoms with Crippen molar-refractivity contribution in [3.63, 3.8) is 0 Å². The SMILES string of the molecule is N#Cc1cccc(NC(=O)CCCCc2nc3ccccc3s2)c1. The number of carbonyl (C=O) groups is 1. The van der Waals surface area contributed by atoms with E-state index in [1.807, 2.05) is 18.2 Å². The van der Waals surface area contributed by atoms with Crippen LogP contribution in [-0.2, 0) is 11.2 Å². The number of para-hydroxylation sites is 1. The first-order valence-electron chi connectivity index (χ1n) is 7.89. The summed E-state index contributed by atoms with van der Waals surface area (Å²) in [7, 11) is 0. The molecule has 1 N–H and O–H groups in total. The highest BCUT2D eigenvalue weighted by Gasteiger charge is 2.05. The maximum atomic E-state index is 12.0. The van der Waals surface area contributed by atoms with E-state index in [1.165, 1.54) is 4.70 Å². The largest absolute Gasteiger partial charge is 0.326 e. The van der Waals surface area contributed by atoms with Crippen LogP contribution in [0.25, 0.3) is 10.2 Å². The van der Waals surface area contributed by atoms with Crippen molar-refractivity contribution in [2.45, 2.75) is 25.7 Å². The van der Waals surface area contributed by atoms with Crippen LogP contribution < -0.4 is 5.32 Å². The van der Waals surface area contributed by atoms with E-state index in [2.05, 4.69) is 22.4 Å². The van der Waals surface area contributed by atoms with E-state index in [0.29, 0.717) is 17.7 Å². The number of nitriles is 1. The van der Waals surface area contributed by atoms with Crippen LogP contribution in [0.5, 0.6) is 0 Å². The number of unbranched alkanes of at least 4 members (excludes halogenated alkanes) is 1. The van der Waals surface area contributed by atoms with Crippen LogP contribution in [0.1, 0.15) is 29.8 Å². The second-order valence-electron chi connectivity index (χ2n) is 5.52. The maximum absolute atomic E-state index is 12.0. The van der Waals surface area contributed by atoms with Crippen LogP contribution >= 0.6 is 11.3 Å². The van der Waals surface area contributed by atoms with Gasteiger partial charge in [0.05, 0.1) is 26.9 Å². The van der Waals surface area contributed by atoms with Crippen LogP contribution in [0.15, 0.2) is 48.5 Å². The van der Waals surface area contributed by atoms with E-state index < -0.39 is 0 Å². The molecule has 120 valence electrons. The van der Waals surface area contributed by atoms with Crippen molar-refractivity contribution in [3.05, 3.63) is 59.1 Å². The molecule has 5 heteroatoms. The molecule has 3 aromatic rings. The lowest BCUT2D eigenvalue weighted by molar-refractivity contribution is -0.116. The summed E-state index contributed by atoms with van der Waals surface area (Å²) in [5.41, 5.74) is 2.27. The third-order valence-electron chi connectivity index (χ3n) is 3.66. The van der Waals surface area contributed by atoms with Gasteiger partial charge in [0, 0.05) is 12.1 Å². The third-order valence-corrected chi connectivity index (χ3v) is 4.75. The minimum absolute atomic E-state index is 0.0191. The van der Waals surface area contributed by atoms with Crippen molar-refractivity contribution in [1.82, 2.24) is 4.98 Å². The number of aryl methyl sites for hydroxylation is 1. The lowest BCUT2D eigenvalue weighted by atomic mass is 10.2. The van der Waals surface area contributed by atoms with E-state index in [1.54, 1.807) is 35.6 Å². The summed E-state index contributed by atoms with van der Waals surface area (Å²) < 4.78 is 1.21. The van der Waals surface area contributed by atoms with Crippen molar-refractivity contribution in [2.24, 2.45) is 0 Å². The third kappa shape index (κ3) is 4.18. The Morgan fingerprint density at radius 3 is 2.88 bits per heavy atom. The van der Waals surface area contributed by atoms with Gasteiger partial charge < -0.3 is 5.32 Å². The Kier molecular flexibility index (Phi) is 5.19. The van der Waals surface area contributed by atoms with Gasteiger partial charge in [-0.15, -0.1) is 11.3 Å². The molecule has 2 aromatic carbocycles. The Bertz CT molecular complexity index is 862. The van der Waals surface area contributed by atoms with Gasteiger partial charge in [-0.1, -0.05) is 18.2 Å². The molecule has 0 saturated carbocycles. The second-order valence-corrected chi connectivity index (χ2v) is 6.64. The van der Waals surface area contributed by atoms with Crippen LogP contribution in [0, 0.1) is 11.3 Å². The van der Waals surface area contributed by atoms with Gasteiger partial charge in [-0.2, -0.15) is 5.26 Å². The molecule has 0 unspecified atom stereocenters. The Balaban J connectivity index is 1.44. The predicted molar refractivity (Wildman–Crippen MR) is 97.0 cm³/mol. The molecule has 0 aliphatic rings. The molecule has 0 aliphatic heterocycles. The molecule has 3 rings (SSSR count). The number of hydrogen-bond acceptors (Lipinski definition) is 4. The molecule has 0 radical (unpaired) electrons. The molecule has 0 spiro atoms. The Hall–Kier alpha value is -2.71. The van der Waals surface area contributed by atoms with Gasteiger partial charge in [0.1, 0.15) is 0 Å². The number of thiazole rings is 1. The number of nitrogens with one attached hydrogen (secondary N) is 1. The fourth-order valence-corrected chi connectivity index (χ4v) is 3.49. The Morgan fingerprint density at radius 1 is 1.17 bits per heavy atom. The smallest absolute Gasteiger partial charge is 0.224 e. The number of anilines is 1. The molecule has 0 bridgehead atoms. The molecule has 0 saturated heterocycles. The minimum Gasteiger partial charge on any atom is -0.326 e. The van der Waals surface area contributed by atoms with E-state index in [0.717, 1.165) is 29.8 Å². The summed E-state index contributed by atoms with van der Waals surface area (Å²) in [6.07, 6.45) is 3.13. The van der Waals surface area contributed by atoms with Gasteiger partial charge in [-0.3, -0.25) is 4.79 Å². The minimum atomic E-state index is -0.0191.